The number of nitrogens with zero attached hydrogens (tertiary/aromatic N) is 1. The molecule has 0 bridgehead atoms. The average molecular weight is 578 g/mol. The van der Waals surface area contributed by atoms with Crippen molar-refractivity contribution in [2.75, 3.05) is 4.90 Å². The van der Waals surface area contributed by atoms with E-state index in [-0.39, 0.29) is 0 Å². The van der Waals surface area contributed by atoms with Crippen LogP contribution in [0.4, 0.5) is 17.1 Å². The van der Waals surface area contributed by atoms with Crippen molar-refractivity contribution in [1.29, 1.82) is 0 Å². The minimum atomic E-state index is 0.838. The predicted molar refractivity (Wildman–Crippen MR) is 187 cm³/mol. The van der Waals surface area contributed by atoms with Crippen LogP contribution in [0.25, 0.3) is 66.1 Å². The number of hydrogen-bond donors (Lipinski definition) is 0. The first-order chi connectivity index (χ1) is 22.3. The van der Waals surface area contributed by atoms with Crippen LogP contribution in [0.1, 0.15) is 0 Å². The summed E-state index contributed by atoms with van der Waals surface area (Å²) < 4.78 is 13.2. The van der Waals surface area contributed by atoms with E-state index in [2.05, 4.69) is 150 Å². The summed E-state index contributed by atoms with van der Waals surface area (Å²) in [5.41, 5.74) is 11.2. The van der Waals surface area contributed by atoms with Crippen LogP contribution in [0, 0.1) is 0 Å². The van der Waals surface area contributed by atoms with Crippen molar-refractivity contribution >= 4 is 60.9 Å². The van der Waals surface area contributed by atoms with Gasteiger partial charge in [0.15, 0.2) is 0 Å². The van der Waals surface area contributed by atoms with Gasteiger partial charge in [0.2, 0.25) is 0 Å². The predicted octanol–water partition coefficient (Wildman–Crippen LogP) is 12.3. The number of rotatable bonds is 5. The molecule has 0 fully saturated rings. The van der Waals surface area contributed by atoms with E-state index in [9.17, 15) is 0 Å². The van der Waals surface area contributed by atoms with Gasteiger partial charge < -0.3 is 13.7 Å². The molecule has 0 aliphatic carbocycles. The largest absolute Gasteiger partial charge is 0.456 e. The van der Waals surface area contributed by atoms with Crippen LogP contribution in [0.15, 0.2) is 173 Å². The Kier molecular flexibility index (Phi) is 5.82. The number of anilines is 3. The van der Waals surface area contributed by atoms with E-state index in [4.69, 9.17) is 8.83 Å². The Morgan fingerprint density at radius 1 is 0.378 bits per heavy atom. The molecule has 7 aromatic carbocycles. The molecule has 0 amide bonds. The van der Waals surface area contributed by atoms with E-state index in [0.29, 0.717) is 0 Å². The molecule has 212 valence electrons. The maximum Gasteiger partial charge on any atom is 0.143 e. The van der Waals surface area contributed by atoms with Gasteiger partial charge in [-0.05, 0) is 65.2 Å². The fourth-order valence-electron chi connectivity index (χ4n) is 6.57. The lowest BCUT2D eigenvalue weighted by molar-refractivity contribution is 0.664. The lowest BCUT2D eigenvalue weighted by Crippen LogP contribution is -2.10. The van der Waals surface area contributed by atoms with Crippen LogP contribution < -0.4 is 4.90 Å². The van der Waals surface area contributed by atoms with Gasteiger partial charge in [0.25, 0.3) is 0 Å². The fourth-order valence-corrected chi connectivity index (χ4v) is 6.57. The Hall–Kier alpha value is -6.06. The summed E-state index contributed by atoms with van der Waals surface area (Å²) >= 11 is 0. The Balaban J connectivity index is 1.25. The number of benzene rings is 7. The molecule has 2 heterocycles. The highest BCUT2D eigenvalue weighted by Gasteiger charge is 2.21. The van der Waals surface area contributed by atoms with E-state index in [1.165, 1.54) is 11.1 Å². The molecular weight excluding hydrogens is 550 g/mol. The normalized spacial score (nSPS) is 11.6. The summed E-state index contributed by atoms with van der Waals surface area (Å²) in [7, 11) is 0. The monoisotopic (exact) mass is 577 g/mol. The Bertz CT molecular complexity index is 2460. The summed E-state index contributed by atoms with van der Waals surface area (Å²) in [6.45, 7) is 0. The number of hydrogen-bond acceptors (Lipinski definition) is 3. The summed E-state index contributed by atoms with van der Waals surface area (Å²) in [6.07, 6.45) is 0. The molecule has 0 atom stereocenters. The molecule has 9 rings (SSSR count). The van der Waals surface area contributed by atoms with Crippen LogP contribution in [-0.2, 0) is 0 Å². The average Bonchev–Trinajstić information content (AvgIpc) is 3.66. The molecule has 0 aliphatic heterocycles. The summed E-state index contributed by atoms with van der Waals surface area (Å²) in [5.74, 6) is 0. The van der Waals surface area contributed by atoms with Gasteiger partial charge in [-0.2, -0.15) is 0 Å². The van der Waals surface area contributed by atoms with E-state index in [1.54, 1.807) is 0 Å². The maximum absolute atomic E-state index is 6.63. The topological polar surface area (TPSA) is 29.5 Å². The second-order valence-corrected chi connectivity index (χ2v) is 11.3. The van der Waals surface area contributed by atoms with E-state index >= 15 is 0 Å². The molecule has 0 saturated carbocycles. The minimum absolute atomic E-state index is 0.838. The van der Waals surface area contributed by atoms with Crippen LogP contribution in [-0.4, -0.2) is 0 Å². The van der Waals surface area contributed by atoms with Gasteiger partial charge in [-0.3, -0.25) is 0 Å². The van der Waals surface area contributed by atoms with Crippen LogP contribution in [0.5, 0.6) is 0 Å². The van der Waals surface area contributed by atoms with Gasteiger partial charge in [-0.1, -0.05) is 115 Å². The zero-order valence-corrected chi connectivity index (χ0v) is 24.4. The lowest BCUT2D eigenvalue weighted by atomic mass is 10.0. The highest BCUT2D eigenvalue weighted by Crippen LogP contribution is 2.45. The van der Waals surface area contributed by atoms with E-state index in [1.807, 2.05) is 18.2 Å². The van der Waals surface area contributed by atoms with Crippen molar-refractivity contribution in [3.63, 3.8) is 0 Å². The molecule has 0 radical (unpaired) electrons. The zero-order valence-electron chi connectivity index (χ0n) is 24.4. The highest BCUT2D eigenvalue weighted by molar-refractivity contribution is 6.19. The van der Waals surface area contributed by atoms with Gasteiger partial charge >= 0.3 is 0 Å². The number of para-hydroxylation sites is 2. The van der Waals surface area contributed by atoms with E-state index < -0.39 is 0 Å². The minimum Gasteiger partial charge on any atom is -0.456 e. The number of furan rings is 2. The Labute approximate surface area is 260 Å². The van der Waals surface area contributed by atoms with Gasteiger partial charge in [0.1, 0.15) is 22.3 Å². The van der Waals surface area contributed by atoms with Gasteiger partial charge in [-0.25, -0.2) is 0 Å². The third kappa shape index (κ3) is 4.21. The maximum atomic E-state index is 6.63. The first kappa shape index (κ1) is 25.4. The Morgan fingerprint density at radius 3 is 1.73 bits per heavy atom. The molecule has 0 aliphatic rings. The molecule has 3 nitrogen and oxygen atoms in total. The molecule has 3 heteroatoms. The smallest absolute Gasteiger partial charge is 0.143 e. The third-order valence-corrected chi connectivity index (χ3v) is 8.67. The third-order valence-electron chi connectivity index (χ3n) is 8.67. The fraction of sp³-hybridized carbons (Fsp3) is 0. The van der Waals surface area contributed by atoms with Gasteiger partial charge in [0.05, 0.1) is 11.1 Å². The van der Waals surface area contributed by atoms with Crippen molar-refractivity contribution in [2.45, 2.75) is 0 Å². The first-order valence-electron chi connectivity index (χ1n) is 15.2. The lowest BCUT2D eigenvalue weighted by Gasteiger charge is -2.26. The second-order valence-electron chi connectivity index (χ2n) is 11.3. The summed E-state index contributed by atoms with van der Waals surface area (Å²) in [4.78, 5) is 2.31. The molecule has 9 aromatic rings. The van der Waals surface area contributed by atoms with Crippen molar-refractivity contribution < 1.29 is 8.83 Å². The quantitative estimate of drug-likeness (QED) is 0.204. The standard InChI is InChI=1S/C42H27NO2/c1-4-12-28(13-5-1)29-22-24-32(25-23-29)43(31-16-8-3-9-17-31)37-20-11-21-38-41(37)36-27-39-35(26-40(36)44-38)34-19-10-18-33(42(34)45-39)30-14-6-2-7-15-30/h1-27H. The first-order valence-corrected chi connectivity index (χ1v) is 15.2. The van der Waals surface area contributed by atoms with Crippen LogP contribution in [0.3, 0.4) is 0 Å². The van der Waals surface area contributed by atoms with Gasteiger partial charge in [-0.15, -0.1) is 0 Å². The van der Waals surface area contributed by atoms with Gasteiger partial charge in [0, 0.05) is 33.1 Å². The van der Waals surface area contributed by atoms with Crippen molar-refractivity contribution in [1.82, 2.24) is 0 Å². The van der Waals surface area contributed by atoms with Crippen molar-refractivity contribution in [3.05, 3.63) is 164 Å². The Morgan fingerprint density at radius 2 is 0.978 bits per heavy atom. The van der Waals surface area contributed by atoms with Crippen molar-refractivity contribution in [3.8, 4) is 22.3 Å². The van der Waals surface area contributed by atoms with E-state index in [0.717, 1.165) is 72.1 Å². The van der Waals surface area contributed by atoms with Crippen LogP contribution in [0.2, 0.25) is 0 Å². The molecule has 0 N–H and O–H groups in total. The number of fused-ring (bicyclic) bond motifs is 6. The zero-order chi connectivity index (χ0) is 29.7. The molecule has 0 unspecified atom stereocenters. The highest BCUT2D eigenvalue weighted by atomic mass is 16.3. The molecule has 2 aromatic heterocycles. The molecular formula is C42H27NO2. The van der Waals surface area contributed by atoms with Crippen molar-refractivity contribution in [2.24, 2.45) is 0 Å². The molecule has 0 saturated heterocycles. The summed E-state index contributed by atoms with van der Waals surface area (Å²) in [6, 6.07) is 57.1. The SMILES string of the molecule is c1ccc(-c2ccc(N(c3ccccc3)c3cccc4oc5cc6c(cc5c34)oc3c(-c4ccccc4)cccc36)cc2)cc1. The second kappa shape index (κ2) is 10.3. The molecule has 45 heavy (non-hydrogen) atoms. The summed E-state index contributed by atoms with van der Waals surface area (Å²) in [5, 5.41) is 4.20. The van der Waals surface area contributed by atoms with Crippen LogP contribution >= 0.6 is 0 Å². The molecule has 0 spiro atoms.